The van der Waals surface area contributed by atoms with Gasteiger partial charge >= 0.3 is 5.97 Å². The van der Waals surface area contributed by atoms with Crippen LogP contribution in [-0.4, -0.2) is 29.5 Å². The van der Waals surface area contributed by atoms with Crippen LogP contribution >= 0.6 is 0 Å². The zero-order chi connectivity index (χ0) is 17.3. The Balaban J connectivity index is 1.66. The summed E-state index contributed by atoms with van der Waals surface area (Å²) in [5.41, 5.74) is 2.18. The normalized spacial score (nSPS) is 13.0. The molecule has 0 radical (unpaired) electrons. The lowest BCUT2D eigenvalue weighted by Gasteiger charge is -2.14. The minimum absolute atomic E-state index is 0.214. The molecule has 0 saturated heterocycles. The Morgan fingerprint density at radius 2 is 1.46 bits per heavy atom. The van der Waals surface area contributed by atoms with E-state index in [4.69, 9.17) is 9.57 Å². The summed E-state index contributed by atoms with van der Waals surface area (Å²) in [6, 6.07) is 11.9. The first-order valence-corrected chi connectivity index (χ1v) is 7.36. The maximum absolute atomic E-state index is 12.1. The molecule has 3 rings (SSSR count). The number of nitrogens with zero attached hydrogens (tertiary/aromatic N) is 1. The first-order valence-electron chi connectivity index (χ1n) is 7.36. The van der Waals surface area contributed by atoms with Gasteiger partial charge in [-0.05, 0) is 37.1 Å². The number of para-hydroxylation sites is 1. The zero-order valence-corrected chi connectivity index (χ0v) is 13.2. The molecule has 1 heterocycles. The molecule has 6 nitrogen and oxygen atoms in total. The van der Waals surface area contributed by atoms with Crippen molar-refractivity contribution < 1.29 is 24.0 Å². The van der Waals surface area contributed by atoms with Gasteiger partial charge in [0.05, 0.1) is 11.1 Å². The van der Waals surface area contributed by atoms with Crippen LogP contribution in [-0.2, 0) is 9.63 Å². The van der Waals surface area contributed by atoms with Crippen molar-refractivity contribution >= 4 is 17.8 Å². The van der Waals surface area contributed by atoms with E-state index in [1.807, 2.05) is 32.0 Å². The number of aryl methyl sites for hydroxylation is 2. The molecule has 0 unspecified atom stereocenters. The second kappa shape index (κ2) is 6.16. The fraction of sp³-hybridized carbons (Fsp3) is 0.167. The lowest BCUT2D eigenvalue weighted by atomic mass is 10.1. The van der Waals surface area contributed by atoms with Crippen molar-refractivity contribution in [2.75, 3.05) is 6.61 Å². The van der Waals surface area contributed by atoms with Crippen molar-refractivity contribution in [2.45, 2.75) is 13.8 Å². The summed E-state index contributed by atoms with van der Waals surface area (Å²) in [5.74, 6) is -1.56. The van der Waals surface area contributed by atoms with Crippen LogP contribution in [0.2, 0.25) is 0 Å². The van der Waals surface area contributed by atoms with Crippen molar-refractivity contribution in [2.24, 2.45) is 0 Å². The van der Waals surface area contributed by atoms with Gasteiger partial charge in [0.1, 0.15) is 5.75 Å². The van der Waals surface area contributed by atoms with E-state index >= 15 is 0 Å². The maximum Gasteiger partial charge on any atom is 0.370 e. The third kappa shape index (κ3) is 2.74. The van der Waals surface area contributed by atoms with E-state index < -0.39 is 24.4 Å². The van der Waals surface area contributed by atoms with Gasteiger partial charge in [0.25, 0.3) is 11.8 Å². The molecule has 122 valence electrons. The van der Waals surface area contributed by atoms with Crippen molar-refractivity contribution in [3.05, 3.63) is 64.7 Å². The van der Waals surface area contributed by atoms with Crippen molar-refractivity contribution in [3.8, 4) is 5.75 Å². The van der Waals surface area contributed by atoms with Gasteiger partial charge in [-0.15, -0.1) is 0 Å². The van der Waals surface area contributed by atoms with E-state index in [0.29, 0.717) is 10.8 Å². The molecule has 24 heavy (non-hydrogen) atoms. The maximum atomic E-state index is 12.1. The van der Waals surface area contributed by atoms with Gasteiger partial charge in [-0.3, -0.25) is 9.59 Å². The SMILES string of the molecule is Cc1cccc(C)c1OCC(=O)ON1C(=O)c2ccccc2C1=O. The minimum Gasteiger partial charge on any atom is -0.481 e. The molecule has 0 aromatic heterocycles. The van der Waals surface area contributed by atoms with Gasteiger partial charge in [0.2, 0.25) is 0 Å². The third-order valence-electron chi connectivity index (χ3n) is 3.69. The van der Waals surface area contributed by atoms with Crippen LogP contribution in [0.4, 0.5) is 0 Å². The van der Waals surface area contributed by atoms with E-state index in [0.717, 1.165) is 11.1 Å². The number of amides is 2. The number of benzene rings is 2. The van der Waals surface area contributed by atoms with E-state index in [1.54, 1.807) is 12.1 Å². The number of fused-ring (bicyclic) bond motifs is 1. The second-order valence-corrected chi connectivity index (χ2v) is 5.42. The predicted octanol–water partition coefficient (Wildman–Crippen LogP) is 2.44. The van der Waals surface area contributed by atoms with Crippen LogP contribution in [0.3, 0.4) is 0 Å². The second-order valence-electron chi connectivity index (χ2n) is 5.42. The van der Waals surface area contributed by atoms with Gasteiger partial charge < -0.3 is 9.57 Å². The molecular weight excluding hydrogens is 310 g/mol. The first-order chi connectivity index (χ1) is 11.5. The van der Waals surface area contributed by atoms with Gasteiger partial charge in [0.15, 0.2) is 6.61 Å². The molecule has 0 atom stereocenters. The van der Waals surface area contributed by atoms with Crippen LogP contribution in [0.15, 0.2) is 42.5 Å². The highest BCUT2D eigenvalue weighted by Gasteiger charge is 2.38. The molecule has 0 bridgehead atoms. The van der Waals surface area contributed by atoms with E-state index in [9.17, 15) is 14.4 Å². The van der Waals surface area contributed by atoms with Crippen LogP contribution in [0.25, 0.3) is 0 Å². The summed E-state index contributed by atoms with van der Waals surface area (Å²) in [4.78, 5) is 41.1. The van der Waals surface area contributed by atoms with Crippen LogP contribution in [0.5, 0.6) is 5.75 Å². The lowest BCUT2D eigenvalue weighted by molar-refractivity contribution is -0.170. The molecule has 6 heteroatoms. The predicted molar refractivity (Wildman–Crippen MR) is 84.4 cm³/mol. The summed E-state index contributed by atoms with van der Waals surface area (Å²) < 4.78 is 5.46. The molecule has 2 aromatic rings. The van der Waals surface area contributed by atoms with Crippen LogP contribution in [0, 0.1) is 13.8 Å². The van der Waals surface area contributed by atoms with Crippen LogP contribution in [0.1, 0.15) is 31.8 Å². The highest BCUT2D eigenvalue weighted by molar-refractivity contribution is 6.20. The molecule has 1 aliphatic rings. The minimum atomic E-state index is -0.827. The molecule has 0 N–H and O–H groups in total. The number of rotatable bonds is 4. The lowest BCUT2D eigenvalue weighted by Crippen LogP contribution is -2.34. The van der Waals surface area contributed by atoms with Crippen molar-refractivity contribution in [1.82, 2.24) is 5.06 Å². The molecule has 1 aliphatic heterocycles. The molecule has 0 spiro atoms. The number of imide groups is 1. The molecule has 0 saturated carbocycles. The Kier molecular flexibility index (Phi) is 4.04. The standard InChI is InChI=1S/C18H15NO5/c1-11-6-5-7-12(2)16(11)23-10-15(20)24-19-17(21)13-8-3-4-9-14(13)18(19)22/h3-9H,10H2,1-2H3. The number of carbonyl (C=O) groups is 3. The zero-order valence-electron chi connectivity index (χ0n) is 13.2. The number of hydrogen-bond donors (Lipinski definition) is 0. The smallest absolute Gasteiger partial charge is 0.370 e. The molecule has 0 aliphatic carbocycles. The molecule has 2 aromatic carbocycles. The summed E-state index contributed by atoms with van der Waals surface area (Å²) in [6.45, 7) is 3.31. The van der Waals surface area contributed by atoms with Gasteiger partial charge in [-0.2, -0.15) is 0 Å². The Bertz CT molecular complexity index is 788. The molecular formula is C18H15NO5. The number of hydroxylamine groups is 2. The van der Waals surface area contributed by atoms with E-state index in [2.05, 4.69) is 0 Å². The largest absolute Gasteiger partial charge is 0.481 e. The molecule has 2 amide bonds. The van der Waals surface area contributed by atoms with Gasteiger partial charge in [0, 0.05) is 0 Å². The first kappa shape index (κ1) is 15.7. The quantitative estimate of drug-likeness (QED) is 0.807. The Labute approximate surface area is 138 Å². The number of hydrogen-bond acceptors (Lipinski definition) is 5. The van der Waals surface area contributed by atoms with Crippen molar-refractivity contribution in [3.63, 3.8) is 0 Å². The summed E-state index contributed by atoms with van der Waals surface area (Å²) in [5, 5.41) is 0.473. The monoisotopic (exact) mass is 325 g/mol. The number of ether oxygens (including phenoxy) is 1. The average molecular weight is 325 g/mol. The fourth-order valence-corrected chi connectivity index (χ4v) is 2.54. The fourth-order valence-electron chi connectivity index (χ4n) is 2.54. The number of carbonyl (C=O) groups excluding carboxylic acids is 3. The van der Waals surface area contributed by atoms with Gasteiger partial charge in [-0.25, -0.2) is 4.79 Å². The van der Waals surface area contributed by atoms with Crippen LogP contribution < -0.4 is 4.74 Å². The highest BCUT2D eigenvalue weighted by Crippen LogP contribution is 2.24. The van der Waals surface area contributed by atoms with Gasteiger partial charge in [-0.1, -0.05) is 35.4 Å². The third-order valence-corrected chi connectivity index (χ3v) is 3.69. The molecule has 0 fully saturated rings. The Morgan fingerprint density at radius 3 is 2.00 bits per heavy atom. The summed E-state index contributed by atoms with van der Waals surface area (Å²) >= 11 is 0. The summed E-state index contributed by atoms with van der Waals surface area (Å²) in [7, 11) is 0. The Hall–Kier alpha value is -3.15. The highest BCUT2D eigenvalue weighted by atomic mass is 16.7. The van der Waals surface area contributed by atoms with Crippen molar-refractivity contribution in [1.29, 1.82) is 0 Å². The van der Waals surface area contributed by atoms with E-state index in [1.165, 1.54) is 12.1 Å². The Morgan fingerprint density at radius 1 is 0.917 bits per heavy atom. The topological polar surface area (TPSA) is 72.9 Å². The summed E-state index contributed by atoms with van der Waals surface area (Å²) in [6.07, 6.45) is 0. The van der Waals surface area contributed by atoms with E-state index in [-0.39, 0.29) is 11.1 Å². The average Bonchev–Trinajstić information content (AvgIpc) is 2.80.